The maximum absolute atomic E-state index is 13.0. The van der Waals surface area contributed by atoms with Crippen LogP contribution >= 0.6 is 0 Å². The Bertz CT molecular complexity index is 970. The van der Waals surface area contributed by atoms with E-state index in [1.54, 1.807) is 24.3 Å². The van der Waals surface area contributed by atoms with E-state index in [2.05, 4.69) is 32.6 Å². The average molecular weight is 444 g/mol. The zero-order valence-corrected chi connectivity index (χ0v) is 19.9. The largest absolute Gasteiger partial charge is 0.295 e. The molecule has 0 bridgehead atoms. The molecule has 0 saturated heterocycles. The van der Waals surface area contributed by atoms with Crippen molar-refractivity contribution in [2.75, 3.05) is 0 Å². The summed E-state index contributed by atoms with van der Waals surface area (Å²) >= 11 is 0. The van der Waals surface area contributed by atoms with Gasteiger partial charge < -0.3 is 0 Å². The Hall–Kier alpha value is -3.07. The molecule has 3 nitrogen and oxygen atoms in total. The Morgan fingerprint density at radius 3 is 2.27 bits per heavy atom. The van der Waals surface area contributed by atoms with E-state index in [0.29, 0.717) is 17.6 Å². The first-order chi connectivity index (χ1) is 15.9. The molecule has 1 unspecified atom stereocenters. The Morgan fingerprint density at radius 2 is 1.70 bits per heavy atom. The summed E-state index contributed by atoms with van der Waals surface area (Å²) in [5.74, 6) is 0.151. The number of Topliss-reactive ketones (excluding diaryl/α,β-unsaturated/α-hetero) is 3. The zero-order chi connectivity index (χ0) is 24.2. The summed E-state index contributed by atoms with van der Waals surface area (Å²) in [5, 5.41) is 0. The van der Waals surface area contributed by atoms with Gasteiger partial charge in [0.25, 0.3) is 0 Å². The molecule has 173 valence electrons. The number of ketones is 3. The van der Waals surface area contributed by atoms with Gasteiger partial charge in [-0.1, -0.05) is 94.0 Å². The standard InChI is InChI=1S/C30H35O3/c1-5-10-24(23(4)31)15-14-22(3)29(32)13-9-7-8-12-27(11-6-2)30(33)28-20-18-26(19-21-28)25-16-17-25/h5,10,14-21,27H,1,3,6-9,11-13H2,2,4H3/b15-14-,24-10+. The number of hydrogen-bond donors (Lipinski definition) is 0. The lowest BCUT2D eigenvalue weighted by Crippen LogP contribution is -2.15. The van der Waals surface area contributed by atoms with E-state index < -0.39 is 0 Å². The molecule has 1 atom stereocenters. The number of rotatable bonds is 16. The monoisotopic (exact) mass is 443 g/mol. The van der Waals surface area contributed by atoms with Crippen molar-refractivity contribution in [1.82, 2.24) is 0 Å². The van der Waals surface area contributed by atoms with Crippen molar-refractivity contribution >= 4 is 22.9 Å². The molecule has 0 heterocycles. The van der Waals surface area contributed by atoms with Gasteiger partial charge in [-0.2, -0.15) is 0 Å². The summed E-state index contributed by atoms with van der Waals surface area (Å²) in [4.78, 5) is 36.8. The molecular weight excluding hydrogens is 408 g/mol. The van der Waals surface area contributed by atoms with E-state index in [9.17, 15) is 14.4 Å². The fourth-order valence-electron chi connectivity index (χ4n) is 3.77. The predicted octanol–water partition coefficient (Wildman–Crippen LogP) is 7.22. The molecule has 1 aliphatic carbocycles. The summed E-state index contributed by atoms with van der Waals surface area (Å²) in [7, 11) is 0. The molecule has 1 aliphatic rings. The van der Waals surface area contributed by atoms with Crippen molar-refractivity contribution in [2.45, 2.75) is 58.8 Å². The Labute approximate surface area is 198 Å². The fraction of sp³-hybridized carbons (Fsp3) is 0.333. The first-order valence-corrected chi connectivity index (χ1v) is 11.8. The minimum absolute atomic E-state index is 0.0166. The quantitative estimate of drug-likeness (QED) is 0.117. The predicted molar refractivity (Wildman–Crippen MR) is 137 cm³/mol. The van der Waals surface area contributed by atoms with Crippen molar-refractivity contribution in [3.8, 4) is 0 Å². The molecule has 3 heteroatoms. The maximum atomic E-state index is 13.0. The highest BCUT2D eigenvalue weighted by Gasteiger charge is 2.20. The van der Waals surface area contributed by atoms with Crippen molar-refractivity contribution in [1.29, 1.82) is 0 Å². The summed E-state index contributed by atoms with van der Waals surface area (Å²) in [6.07, 6.45) is 16.2. The molecule has 0 amide bonds. The van der Waals surface area contributed by atoms with Crippen LogP contribution in [0.1, 0.15) is 74.7 Å². The zero-order valence-electron chi connectivity index (χ0n) is 19.9. The van der Waals surface area contributed by atoms with Gasteiger partial charge >= 0.3 is 0 Å². The van der Waals surface area contributed by atoms with Crippen molar-refractivity contribution in [2.24, 2.45) is 5.92 Å². The van der Waals surface area contributed by atoms with Gasteiger partial charge in [0, 0.05) is 35.5 Å². The van der Waals surface area contributed by atoms with Crippen LogP contribution < -0.4 is 0 Å². The summed E-state index contributed by atoms with van der Waals surface area (Å²) in [6, 6.07) is 7.91. The van der Waals surface area contributed by atoms with E-state index in [1.165, 1.54) is 12.5 Å². The smallest absolute Gasteiger partial charge is 0.165 e. The van der Waals surface area contributed by atoms with Gasteiger partial charge in [-0.05, 0) is 37.3 Å². The number of allylic oxidation sites excluding steroid dienone is 8. The highest BCUT2D eigenvalue weighted by atomic mass is 16.1. The van der Waals surface area contributed by atoms with E-state index in [4.69, 9.17) is 0 Å². The molecular formula is C30H35O3. The molecule has 0 fully saturated rings. The van der Waals surface area contributed by atoms with Crippen LogP contribution in [-0.4, -0.2) is 17.3 Å². The van der Waals surface area contributed by atoms with Crippen LogP contribution in [0, 0.1) is 12.3 Å². The topological polar surface area (TPSA) is 51.2 Å². The third-order valence-corrected chi connectivity index (χ3v) is 5.83. The number of unbranched alkanes of at least 4 members (excludes halogenated alkanes) is 2. The van der Waals surface area contributed by atoms with Crippen LogP contribution in [0.4, 0.5) is 0 Å². The minimum atomic E-state index is -0.0858. The Balaban J connectivity index is 1.77. The fourth-order valence-corrected chi connectivity index (χ4v) is 3.77. The molecule has 1 aromatic carbocycles. The van der Waals surface area contributed by atoms with E-state index in [-0.39, 0.29) is 23.3 Å². The Morgan fingerprint density at radius 1 is 1.00 bits per heavy atom. The van der Waals surface area contributed by atoms with Gasteiger partial charge in [0.2, 0.25) is 0 Å². The van der Waals surface area contributed by atoms with Crippen LogP contribution in [-0.2, 0) is 9.59 Å². The van der Waals surface area contributed by atoms with Crippen molar-refractivity contribution in [3.63, 3.8) is 0 Å². The van der Waals surface area contributed by atoms with Crippen LogP contribution in [0.2, 0.25) is 0 Å². The van der Waals surface area contributed by atoms with Gasteiger partial charge in [-0.15, -0.1) is 0 Å². The van der Waals surface area contributed by atoms with Gasteiger partial charge in [0.15, 0.2) is 17.3 Å². The second-order valence-corrected chi connectivity index (χ2v) is 8.51. The molecule has 0 aliphatic heterocycles. The van der Waals surface area contributed by atoms with Crippen LogP contribution in [0.25, 0.3) is 5.57 Å². The average Bonchev–Trinajstić information content (AvgIpc) is 3.65. The van der Waals surface area contributed by atoms with E-state index >= 15 is 0 Å². The second-order valence-electron chi connectivity index (χ2n) is 8.51. The molecule has 1 radical (unpaired) electrons. The molecule has 33 heavy (non-hydrogen) atoms. The third kappa shape index (κ3) is 8.76. The Kier molecular flexibility index (Phi) is 10.7. The highest BCUT2D eigenvalue weighted by molar-refractivity contribution is 6.00. The highest BCUT2D eigenvalue weighted by Crippen LogP contribution is 2.30. The minimum Gasteiger partial charge on any atom is -0.295 e. The first-order valence-electron chi connectivity index (χ1n) is 11.8. The molecule has 0 N–H and O–H groups in total. The summed E-state index contributed by atoms with van der Waals surface area (Å²) < 4.78 is 0. The SMILES string of the molecule is C=C/C=C(\C=C/C(=C)C(=O)CCCCCC(CCC)C(=O)c1ccc(C2=C[CH]2)cc1)C(C)=O. The van der Waals surface area contributed by atoms with Gasteiger partial charge in [-0.3, -0.25) is 14.4 Å². The van der Waals surface area contributed by atoms with E-state index in [1.807, 2.05) is 24.3 Å². The summed E-state index contributed by atoms with van der Waals surface area (Å²) in [6.45, 7) is 11.0. The van der Waals surface area contributed by atoms with Crippen molar-refractivity contribution in [3.05, 3.63) is 96.5 Å². The van der Waals surface area contributed by atoms with Crippen LogP contribution in [0.5, 0.6) is 0 Å². The number of benzene rings is 1. The molecule has 1 aromatic rings. The molecule has 0 spiro atoms. The number of carbonyl (C=O) groups is 3. The lowest BCUT2D eigenvalue weighted by atomic mass is 9.88. The number of carbonyl (C=O) groups excluding carboxylic acids is 3. The van der Waals surface area contributed by atoms with Crippen LogP contribution in [0.3, 0.4) is 0 Å². The van der Waals surface area contributed by atoms with Crippen molar-refractivity contribution < 1.29 is 14.4 Å². The van der Waals surface area contributed by atoms with Crippen LogP contribution in [0.15, 0.2) is 78.9 Å². The van der Waals surface area contributed by atoms with Gasteiger partial charge in [0.05, 0.1) is 0 Å². The molecule has 0 aromatic heterocycles. The lowest BCUT2D eigenvalue weighted by molar-refractivity contribution is -0.115. The lowest BCUT2D eigenvalue weighted by Gasteiger charge is -2.15. The number of hydrogen-bond acceptors (Lipinski definition) is 3. The normalized spacial score (nSPS) is 14.0. The first kappa shape index (κ1) is 26.2. The third-order valence-electron chi connectivity index (χ3n) is 5.83. The molecule has 2 rings (SSSR count). The molecule has 0 saturated carbocycles. The summed E-state index contributed by atoms with van der Waals surface area (Å²) in [5.41, 5.74) is 4.07. The van der Waals surface area contributed by atoms with E-state index in [0.717, 1.165) is 49.7 Å². The maximum Gasteiger partial charge on any atom is 0.165 e. The van der Waals surface area contributed by atoms with Gasteiger partial charge in [0.1, 0.15) is 0 Å². The second kappa shape index (κ2) is 13.5. The van der Waals surface area contributed by atoms with Gasteiger partial charge in [-0.25, -0.2) is 0 Å².